The maximum atomic E-state index is 12.9. The summed E-state index contributed by atoms with van der Waals surface area (Å²) in [5.74, 6) is 1.78. The van der Waals surface area contributed by atoms with E-state index >= 15 is 0 Å². The van der Waals surface area contributed by atoms with Crippen molar-refractivity contribution in [2.24, 2.45) is 0 Å². The Kier molecular flexibility index (Phi) is 4.69. The van der Waals surface area contributed by atoms with Crippen molar-refractivity contribution in [3.05, 3.63) is 28.5 Å². The van der Waals surface area contributed by atoms with E-state index in [0.717, 1.165) is 16.4 Å². The van der Waals surface area contributed by atoms with E-state index in [4.69, 9.17) is 6.42 Å². The van der Waals surface area contributed by atoms with Gasteiger partial charge in [-0.1, -0.05) is 12.8 Å². The molecule has 0 aromatic heterocycles. The zero-order chi connectivity index (χ0) is 13.1. The SMILES string of the molecule is C#CCN(CC)S(=O)(=O)c1ccc(F)cc1Br. The van der Waals surface area contributed by atoms with Crippen molar-refractivity contribution in [1.29, 1.82) is 0 Å². The highest BCUT2D eigenvalue weighted by molar-refractivity contribution is 9.10. The van der Waals surface area contributed by atoms with Crippen molar-refractivity contribution < 1.29 is 12.8 Å². The van der Waals surface area contributed by atoms with Crippen LogP contribution in [0.5, 0.6) is 0 Å². The Bertz CT molecular complexity index is 551. The van der Waals surface area contributed by atoms with E-state index < -0.39 is 15.8 Å². The van der Waals surface area contributed by atoms with E-state index in [9.17, 15) is 12.8 Å². The van der Waals surface area contributed by atoms with Crippen LogP contribution < -0.4 is 0 Å². The van der Waals surface area contributed by atoms with E-state index in [1.807, 2.05) is 0 Å². The smallest absolute Gasteiger partial charge is 0.207 e. The quantitative estimate of drug-likeness (QED) is 0.798. The molecule has 0 aliphatic rings. The summed E-state index contributed by atoms with van der Waals surface area (Å²) in [5.41, 5.74) is 0. The molecule has 0 bridgehead atoms. The summed E-state index contributed by atoms with van der Waals surface area (Å²) in [6.07, 6.45) is 5.11. The van der Waals surface area contributed by atoms with Crippen LogP contribution in [0.15, 0.2) is 27.6 Å². The second-order valence-electron chi connectivity index (χ2n) is 3.21. The zero-order valence-corrected chi connectivity index (χ0v) is 11.6. The van der Waals surface area contributed by atoms with Gasteiger partial charge in [0.15, 0.2) is 0 Å². The third kappa shape index (κ3) is 3.06. The first-order valence-electron chi connectivity index (χ1n) is 4.82. The van der Waals surface area contributed by atoms with Crippen LogP contribution in [-0.2, 0) is 10.0 Å². The molecule has 1 aromatic rings. The molecule has 0 fully saturated rings. The number of sulfonamides is 1. The van der Waals surface area contributed by atoms with Gasteiger partial charge in [-0.05, 0) is 34.1 Å². The summed E-state index contributed by atoms with van der Waals surface area (Å²) in [7, 11) is -3.68. The maximum Gasteiger partial charge on any atom is 0.245 e. The third-order valence-corrected chi connectivity index (χ3v) is 5.03. The minimum Gasteiger partial charge on any atom is -0.207 e. The number of nitrogens with zero attached hydrogens (tertiary/aromatic N) is 1. The molecule has 0 saturated carbocycles. The predicted octanol–water partition coefficient (Wildman–Crippen LogP) is 2.23. The second kappa shape index (κ2) is 5.63. The van der Waals surface area contributed by atoms with Crippen molar-refractivity contribution in [2.45, 2.75) is 11.8 Å². The number of hydrogen-bond donors (Lipinski definition) is 0. The molecule has 0 unspecified atom stereocenters. The van der Waals surface area contributed by atoms with Crippen LogP contribution in [-0.4, -0.2) is 25.8 Å². The van der Waals surface area contributed by atoms with E-state index in [1.54, 1.807) is 6.92 Å². The molecule has 6 heteroatoms. The lowest BCUT2D eigenvalue weighted by Crippen LogP contribution is -2.31. The van der Waals surface area contributed by atoms with Gasteiger partial charge in [0.1, 0.15) is 5.82 Å². The fraction of sp³-hybridized carbons (Fsp3) is 0.273. The van der Waals surface area contributed by atoms with Gasteiger partial charge in [-0.3, -0.25) is 0 Å². The maximum absolute atomic E-state index is 12.9. The molecule has 0 aliphatic heterocycles. The van der Waals surface area contributed by atoms with Gasteiger partial charge < -0.3 is 0 Å². The van der Waals surface area contributed by atoms with Crippen LogP contribution in [0.4, 0.5) is 4.39 Å². The Morgan fingerprint density at radius 2 is 2.18 bits per heavy atom. The van der Waals surface area contributed by atoms with E-state index in [-0.39, 0.29) is 22.5 Å². The van der Waals surface area contributed by atoms with Gasteiger partial charge >= 0.3 is 0 Å². The van der Waals surface area contributed by atoms with Crippen molar-refractivity contribution in [1.82, 2.24) is 4.31 Å². The number of rotatable bonds is 4. The fourth-order valence-corrected chi connectivity index (χ4v) is 3.66. The van der Waals surface area contributed by atoms with Gasteiger partial charge in [0.2, 0.25) is 10.0 Å². The van der Waals surface area contributed by atoms with Crippen LogP contribution in [0.1, 0.15) is 6.92 Å². The highest BCUT2D eigenvalue weighted by Gasteiger charge is 2.24. The Labute approximate surface area is 109 Å². The van der Waals surface area contributed by atoms with Gasteiger partial charge in [0, 0.05) is 11.0 Å². The topological polar surface area (TPSA) is 37.4 Å². The average Bonchev–Trinajstić information content (AvgIpc) is 2.24. The Hall–Kier alpha value is -0.900. The first-order valence-corrected chi connectivity index (χ1v) is 7.05. The highest BCUT2D eigenvalue weighted by atomic mass is 79.9. The molecule has 1 rings (SSSR count). The molecule has 0 amide bonds. The molecule has 0 N–H and O–H groups in total. The molecule has 92 valence electrons. The number of benzene rings is 1. The summed E-state index contributed by atoms with van der Waals surface area (Å²) in [6.45, 7) is 1.94. The molecule has 0 saturated heterocycles. The monoisotopic (exact) mass is 319 g/mol. The number of halogens is 2. The summed E-state index contributed by atoms with van der Waals surface area (Å²) < 4.78 is 38.6. The molecule has 3 nitrogen and oxygen atoms in total. The molecular formula is C11H11BrFNO2S. The molecule has 17 heavy (non-hydrogen) atoms. The largest absolute Gasteiger partial charge is 0.245 e. The summed E-state index contributed by atoms with van der Waals surface area (Å²) in [4.78, 5) is 0.0102. The fourth-order valence-electron chi connectivity index (χ4n) is 1.29. The Balaban J connectivity index is 3.26. The van der Waals surface area contributed by atoms with E-state index in [1.165, 1.54) is 6.07 Å². The first kappa shape index (κ1) is 14.2. The lowest BCUT2D eigenvalue weighted by Gasteiger charge is -2.18. The normalized spacial score (nSPS) is 11.5. The van der Waals surface area contributed by atoms with Gasteiger partial charge in [-0.25, -0.2) is 12.8 Å². The molecule has 1 aromatic carbocycles. The van der Waals surface area contributed by atoms with Gasteiger partial charge in [-0.2, -0.15) is 4.31 Å². The molecular weight excluding hydrogens is 309 g/mol. The van der Waals surface area contributed by atoms with Crippen molar-refractivity contribution >= 4 is 26.0 Å². The van der Waals surface area contributed by atoms with Gasteiger partial charge in [-0.15, -0.1) is 6.42 Å². The molecule has 0 heterocycles. The van der Waals surface area contributed by atoms with Crippen LogP contribution in [0.3, 0.4) is 0 Å². The number of hydrogen-bond acceptors (Lipinski definition) is 2. The summed E-state index contributed by atoms with van der Waals surface area (Å²) in [6, 6.07) is 3.42. The van der Waals surface area contributed by atoms with Crippen molar-refractivity contribution in [3.63, 3.8) is 0 Å². The van der Waals surface area contributed by atoms with Gasteiger partial charge in [0.05, 0.1) is 11.4 Å². The molecule has 0 atom stereocenters. The Morgan fingerprint density at radius 3 is 2.65 bits per heavy atom. The van der Waals surface area contributed by atoms with Crippen LogP contribution in [0.25, 0.3) is 0 Å². The molecule has 0 spiro atoms. The first-order chi connectivity index (χ1) is 7.93. The zero-order valence-electron chi connectivity index (χ0n) is 9.15. The minimum atomic E-state index is -3.68. The average molecular weight is 320 g/mol. The summed E-state index contributed by atoms with van der Waals surface area (Å²) >= 11 is 3.03. The third-order valence-electron chi connectivity index (χ3n) is 2.13. The molecule has 0 aliphatic carbocycles. The van der Waals surface area contributed by atoms with Crippen LogP contribution in [0, 0.1) is 18.2 Å². The number of terminal acetylenes is 1. The standard InChI is InChI=1S/C11H11BrFNO2S/c1-3-7-14(4-2)17(15,16)11-6-5-9(13)8-10(11)12/h1,5-6,8H,4,7H2,2H3. The highest BCUT2D eigenvalue weighted by Crippen LogP contribution is 2.25. The lowest BCUT2D eigenvalue weighted by molar-refractivity contribution is 0.463. The van der Waals surface area contributed by atoms with E-state index in [2.05, 4.69) is 21.9 Å². The van der Waals surface area contributed by atoms with E-state index in [0.29, 0.717) is 0 Å². The second-order valence-corrected chi connectivity index (χ2v) is 5.97. The van der Waals surface area contributed by atoms with Crippen molar-refractivity contribution in [3.8, 4) is 12.3 Å². The van der Waals surface area contributed by atoms with Crippen LogP contribution in [0.2, 0.25) is 0 Å². The van der Waals surface area contributed by atoms with Crippen molar-refractivity contribution in [2.75, 3.05) is 13.1 Å². The van der Waals surface area contributed by atoms with Gasteiger partial charge in [0.25, 0.3) is 0 Å². The minimum absolute atomic E-state index is 0.0102. The lowest BCUT2D eigenvalue weighted by atomic mass is 10.3. The molecule has 0 radical (unpaired) electrons. The summed E-state index contributed by atoms with van der Waals surface area (Å²) in [5, 5.41) is 0. The van der Waals surface area contributed by atoms with Crippen LogP contribution >= 0.6 is 15.9 Å². The predicted molar refractivity (Wildman–Crippen MR) is 67.4 cm³/mol. The Morgan fingerprint density at radius 1 is 1.53 bits per heavy atom.